The van der Waals surface area contributed by atoms with Crippen molar-refractivity contribution in [3.8, 4) is 5.69 Å². The lowest BCUT2D eigenvalue weighted by atomic mass is 10.1. The van der Waals surface area contributed by atoms with E-state index in [-0.39, 0.29) is 5.16 Å². The molecule has 0 saturated carbocycles. The monoisotopic (exact) mass is 348 g/mol. The lowest BCUT2D eigenvalue weighted by Gasteiger charge is -2.02. The van der Waals surface area contributed by atoms with Gasteiger partial charge in [-0.05, 0) is 35.4 Å². The van der Waals surface area contributed by atoms with Crippen molar-refractivity contribution in [2.75, 3.05) is 0 Å². The molecule has 2 rings (SSSR count). The van der Waals surface area contributed by atoms with E-state index in [4.69, 9.17) is 0 Å². The molecular weight excluding hydrogens is 324 g/mol. The highest BCUT2D eigenvalue weighted by Gasteiger charge is 2.20. The number of nitrogens with zero attached hydrogens (tertiary/aromatic N) is 4. The van der Waals surface area contributed by atoms with Crippen molar-refractivity contribution in [2.45, 2.75) is 57.0 Å². The highest BCUT2D eigenvalue weighted by molar-refractivity contribution is 7.94. The molecule has 0 atom stereocenters. The molecule has 6 nitrogen and oxygen atoms in total. The van der Waals surface area contributed by atoms with Crippen molar-refractivity contribution in [3.63, 3.8) is 0 Å². The Morgan fingerprint density at radius 3 is 2.50 bits per heavy atom. The summed E-state index contributed by atoms with van der Waals surface area (Å²) in [6.07, 6.45) is 9.54. The summed E-state index contributed by atoms with van der Waals surface area (Å²) in [5.74, 6) is 0. The minimum absolute atomic E-state index is 0.159. The molecule has 0 aliphatic rings. The molecule has 0 aliphatic carbocycles. The predicted octanol–water partition coefficient (Wildman–Crippen LogP) is 3.70. The first-order valence-electron chi connectivity index (χ1n) is 8.40. The molecule has 0 bridgehead atoms. The van der Waals surface area contributed by atoms with Crippen LogP contribution >= 0.6 is 0 Å². The molecule has 2 aromatic rings. The summed E-state index contributed by atoms with van der Waals surface area (Å²) in [7, 11) is -3.65. The molecule has 0 spiro atoms. The van der Waals surface area contributed by atoms with Gasteiger partial charge in [0.15, 0.2) is 0 Å². The molecule has 0 aliphatic heterocycles. The Balaban J connectivity index is 1.94. The van der Waals surface area contributed by atoms with E-state index in [1.165, 1.54) is 35.8 Å². The Kier molecular flexibility index (Phi) is 7.11. The predicted molar refractivity (Wildman–Crippen MR) is 93.5 cm³/mol. The van der Waals surface area contributed by atoms with E-state index in [1.807, 2.05) is 18.2 Å². The van der Waals surface area contributed by atoms with E-state index in [1.54, 1.807) is 18.2 Å². The highest BCUT2D eigenvalue weighted by atomic mass is 32.2. The lowest BCUT2D eigenvalue weighted by Crippen LogP contribution is -2.08. The zero-order valence-corrected chi connectivity index (χ0v) is 14.8. The first kappa shape index (κ1) is 18.3. The van der Waals surface area contributed by atoms with Crippen LogP contribution in [-0.4, -0.2) is 28.6 Å². The number of para-hydroxylation sites is 1. The van der Waals surface area contributed by atoms with Crippen LogP contribution in [0.1, 0.15) is 51.9 Å². The lowest BCUT2D eigenvalue weighted by molar-refractivity contribution is 0.588. The smallest absolute Gasteiger partial charge is 0.216 e. The minimum Gasteiger partial charge on any atom is -0.216 e. The van der Waals surface area contributed by atoms with Gasteiger partial charge in [0.1, 0.15) is 0 Å². The van der Waals surface area contributed by atoms with E-state index >= 15 is 0 Å². The molecule has 0 N–H and O–H groups in total. The van der Waals surface area contributed by atoms with E-state index in [9.17, 15) is 8.42 Å². The van der Waals surface area contributed by atoms with Gasteiger partial charge < -0.3 is 0 Å². The van der Waals surface area contributed by atoms with Gasteiger partial charge in [0.05, 0.1) is 5.69 Å². The summed E-state index contributed by atoms with van der Waals surface area (Å²) in [6, 6.07) is 8.98. The molecule has 0 fully saturated rings. The SMILES string of the molecule is CCCCCCCC/C=C/S(=O)(=O)c1nnnn1-c1ccccc1. The average Bonchev–Trinajstić information content (AvgIpc) is 3.09. The fraction of sp³-hybridized carbons (Fsp3) is 0.471. The van der Waals surface area contributed by atoms with Gasteiger partial charge in [-0.1, -0.05) is 68.4 Å². The van der Waals surface area contributed by atoms with E-state index in [0.29, 0.717) is 5.69 Å². The van der Waals surface area contributed by atoms with Crippen LogP contribution < -0.4 is 0 Å². The molecule has 1 heterocycles. The molecule has 0 radical (unpaired) electrons. The van der Waals surface area contributed by atoms with Gasteiger partial charge in [0.25, 0.3) is 5.16 Å². The van der Waals surface area contributed by atoms with Crippen LogP contribution in [0, 0.1) is 0 Å². The first-order chi connectivity index (χ1) is 11.6. The highest BCUT2D eigenvalue weighted by Crippen LogP contribution is 2.14. The van der Waals surface area contributed by atoms with Gasteiger partial charge in [-0.2, -0.15) is 4.68 Å². The van der Waals surface area contributed by atoms with Gasteiger partial charge in [-0.25, -0.2) is 8.42 Å². The summed E-state index contributed by atoms with van der Waals surface area (Å²) in [5.41, 5.74) is 0.616. The quantitative estimate of drug-likeness (QED) is 0.612. The topological polar surface area (TPSA) is 77.7 Å². The standard InChI is InChI=1S/C17H24N4O2S/c1-2-3-4-5-6-7-8-12-15-24(22,23)17-18-19-20-21(17)16-13-10-9-11-14-16/h9-15H,2-8H2,1H3/b15-12+. The van der Waals surface area contributed by atoms with Crippen molar-refractivity contribution in [1.29, 1.82) is 0 Å². The molecule has 24 heavy (non-hydrogen) atoms. The van der Waals surface area contributed by atoms with Crippen LogP contribution in [0.3, 0.4) is 0 Å². The number of unbranched alkanes of at least 4 members (excludes halogenated alkanes) is 6. The normalized spacial score (nSPS) is 12.0. The number of aromatic nitrogens is 4. The number of allylic oxidation sites excluding steroid dienone is 1. The van der Waals surface area contributed by atoms with Crippen molar-refractivity contribution < 1.29 is 8.42 Å². The van der Waals surface area contributed by atoms with Gasteiger partial charge in [-0.3, -0.25) is 0 Å². The van der Waals surface area contributed by atoms with Crippen LogP contribution in [0.4, 0.5) is 0 Å². The fourth-order valence-electron chi connectivity index (χ4n) is 2.39. The number of sulfone groups is 1. The summed E-state index contributed by atoms with van der Waals surface area (Å²) in [4.78, 5) is 0. The molecule has 130 valence electrons. The van der Waals surface area contributed by atoms with Gasteiger partial charge in [0.2, 0.25) is 9.84 Å². The minimum atomic E-state index is -3.65. The van der Waals surface area contributed by atoms with Crippen LogP contribution in [0.15, 0.2) is 47.0 Å². The zero-order chi connectivity index (χ0) is 17.3. The second-order valence-electron chi connectivity index (χ2n) is 5.68. The molecular formula is C17H24N4O2S. The van der Waals surface area contributed by atoms with E-state index in [0.717, 1.165) is 19.3 Å². The maximum absolute atomic E-state index is 12.4. The number of rotatable bonds is 10. The second-order valence-corrected chi connectivity index (χ2v) is 7.41. The van der Waals surface area contributed by atoms with Gasteiger partial charge in [0, 0.05) is 5.41 Å². The maximum atomic E-state index is 12.4. The maximum Gasteiger partial charge on any atom is 0.276 e. The summed E-state index contributed by atoms with van der Waals surface area (Å²) < 4.78 is 26.1. The third-order valence-corrected chi connectivity index (χ3v) is 5.01. The summed E-state index contributed by atoms with van der Waals surface area (Å²) in [5, 5.41) is 12.0. The van der Waals surface area contributed by atoms with Crippen LogP contribution in [-0.2, 0) is 9.84 Å². The molecule has 1 aromatic carbocycles. The van der Waals surface area contributed by atoms with Crippen molar-refractivity contribution >= 4 is 9.84 Å². The third kappa shape index (κ3) is 5.26. The molecule has 1 aromatic heterocycles. The number of tetrazole rings is 1. The van der Waals surface area contributed by atoms with Crippen molar-refractivity contribution in [2.24, 2.45) is 0 Å². The summed E-state index contributed by atoms with van der Waals surface area (Å²) in [6.45, 7) is 2.19. The van der Waals surface area contributed by atoms with Crippen LogP contribution in [0.5, 0.6) is 0 Å². The largest absolute Gasteiger partial charge is 0.276 e. The molecule has 0 amide bonds. The Morgan fingerprint density at radius 2 is 1.75 bits per heavy atom. The zero-order valence-electron chi connectivity index (χ0n) is 14.0. The first-order valence-corrected chi connectivity index (χ1v) is 9.95. The van der Waals surface area contributed by atoms with Crippen LogP contribution in [0.25, 0.3) is 5.69 Å². The van der Waals surface area contributed by atoms with Gasteiger partial charge >= 0.3 is 0 Å². The number of hydrogen-bond acceptors (Lipinski definition) is 5. The Bertz CT molecular complexity index is 739. The molecule has 7 heteroatoms. The molecule has 0 unspecified atom stereocenters. The average molecular weight is 348 g/mol. The molecule has 0 saturated heterocycles. The number of hydrogen-bond donors (Lipinski definition) is 0. The van der Waals surface area contributed by atoms with Gasteiger partial charge in [-0.15, -0.1) is 0 Å². The number of benzene rings is 1. The fourth-order valence-corrected chi connectivity index (χ4v) is 3.43. The second kappa shape index (κ2) is 9.32. The Hall–Kier alpha value is -2.02. The van der Waals surface area contributed by atoms with Crippen LogP contribution in [0.2, 0.25) is 0 Å². The third-order valence-electron chi connectivity index (χ3n) is 3.70. The Morgan fingerprint density at radius 1 is 1.04 bits per heavy atom. The summed E-state index contributed by atoms with van der Waals surface area (Å²) >= 11 is 0. The van der Waals surface area contributed by atoms with Crippen molar-refractivity contribution in [1.82, 2.24) is 20.2 Å². The van der Waals surface area contributed by atoms with E-state index < -0.39 is 9.84 Å². The van der Waals surface area contributed by atoms with E-state index in [2.05, 4.69) is 22.4 Å². The van der Waals surface area contributed by atoms with Crippen molar-refractivity contribution in [3.05, 3.63) is 41.8 Å². The Labute approximate surface area is 143 Å².